The highest BCUT2D eigenvalue weighted by Crippen LogP contribution is 2.46. The molecule has 0 aliphatic heterocycles. The van der Waals surface area contributed by atoms with Gasteiger partial charge in [0.25, 0.3) is 0 Å². The lowest BCUT2D eigenvalue weighted by Gasteiger charge is -2.18. The maximum atomic E-state index is 6.44. The number of hydrogen-bond donors (Lipinski definition) is 0. The summed E-state index contributed by atoms with van der Waals surface area (Å²) in [6.07, 6.45) is 0. The molecule has 61 heavy (non-hydrogen) atoms. The van der Waals surface area contributed by atoms with Crippen LogP contribution >= 0.6 is 0 Å². The van der Waals surface area contributed by atoms with Crippen molar-refractivity contribution in [1.29, 1.82) is 0 Å². The average molecular weight is 775 g/mol. The summed E-state index contributed by atoms with van der Waals surface area (Å²) in [4.78, 5) is 10.6. The predicted octanol–water partition coefficient (Wildman–Crippen LogP) is 15.9. The molecule has 0 spiro atoms. The van der Waals surface area contributed by atoms with Crippen molar-refractivity contribution >= 4 is 75.6 Å². The summed E-state index contributed by atoms with van der Waals surface area (Å²) in [7, 11) is 0. The van der Waals surface area contributed by atoms with E-state index in [9.17, 15) is 0 Å². The largest absolute Gasteiger partial charge is 0.456 e. The summed E-state index contributed by atoms with van der Waals surface area (Å²) < 4.78 is 6.44. The van der Waals surface area contributed by atoms with E-state index in [1.54, 1.807) is 0 Å². The monoisotopic (exact) mass is 774 g/mol. The topological polar surface area (TPSA) is 38.9 Å². The Hall–Kier alpha value is -8.14. The van der Waals surface area contributed by atoms with Crippen molar-refractivity contribution < 1.29 is 4.42 Å². The molecular weight excluding hydrogens is 741 g/mol. The predicted molar refractivity (Wildman–Crippen MR) is 255 cm³/mol. The first-order chi connectivity index (χ1) is 30.2. The summed E-state index contributed by atoms with van der Waals surface area (Å²) >= 11 is 0. The number of aromatic nitrogens is 2. The molecule has 2 aromatic heterocycles. The van der Waals surface area contributed by atoms with E-state index >= 15 is 0 Å². The quantitative estimate of drug-likeness (QED) is 0.164. The Morgan fingerprint density at radius 2 is 0.787 bits per heavy atom. The Morgan fingerprint density at radius 1 is 0.295 bits per heavy atom. The molecule has 0 bridgehead atoms. The molecule has 282 valence electrons. The lowest BCUT2D eigenvalue weighted by atomic mass is 9.86. The zero-order valence-corrected chi connectivity index (χ0v) is 32.9. The molecule has 0 aliphatic carbocycles. The minimum atomic E-state index is 0.668. The summed E-state index contributed by atoms with van der Waals surface area (Å²) in [5.41, 5.74) is 8.73. The first-order valence-corrected chi connectivity index (χ1v) is 20.8. The third-order valence-corrected chi connectivity index (χ3v) is 12.6. The number of rotatable bonds is 5. The van der Waals surface area contributed by atoms with Gasteiger partial charge in [-0.3, -0.25) is 0 Å². The molecule has 0 amide bonds. The Bertz CT molecular complexity index is 3840. The van der Waals surface area contributed by atoms with E-state index in [1.165, 1.54) is 64.6 Å². The Kier molecular flexibility index (Phi) is 7.31. The molecule has 0 fully saturated rings. The van der Waals surface area contributed by atoms with E-state index in [0.717, 1.165) is 61.5 Å². The van der Waals surface area contributed by atoms with Gasteiger partial charge in [0.15, 0.2) is 5.82 Å². The molecule has 0 aliphatic rings. The van der Waals surface area contributed by atoms with Crippen molar-refractivity contribution in [3.8, 4) is 56.4 Å². The maximum absolute atomic E-state index is 6.44. The fourth-order valence-electron chi connectivity index (χ4n) is 9.87. The van der Waals surface area contributed by atoms with Gasteiger partial charge in [-0.2, -0.15) is 0 Å². The van der Waals surface area contributed by atoms with Crippen molar-refractivity contribution in [3.63, 3.8) is 0 Å². The van der Waals surface area contributed by atoms with Crippen molar-refractivity contribution in [2.24, 2.45) is 0 Å². The molecule has 0 N–H and O–H groups in total. The number of furan rings is 1. The molecule has 13 rings (SSSR count). The molecule has 0 unspecified atom stereocenters. The summed E-state index contributed by atoms with van der Waals surface area (Å²) in [6, 6.07) is 74.0. The minimum Gasteiger partial charge on any atom is -0.456 e. The van der Waals surface area contributed by atoms with Crippen LogP contribution in [0.25, 0.3) is 132 Å². The van der Waals surface area contributed by atoms with Crippen molar-refractivity contribution in [2.75, 3.05) is 0 Å². The van der Waals surface area contributed by atoms with Crippen LogP contribution in [-0.2, 0) is 0 Å². The van der Waals surface area contributed by atoms with Crippen LogP contribution in [0.5, 0.6) is 0 Å². The van der Waals surface area contributed by atoms with Gasteiger partial charge in [-0.05, 0) is 106 Å². The smallest absolute Gasteiger partial charge is 0.160 e. The Labute approximate surface area is 351 Å². The van der Waals surface area contributed by atoms with Crippen LogP contribution in [0.3, 0.4) is 0 Å². The maximum Gasteiger partial charge on any atom is 0.160 e. The van der Waals surface area contributed by atoms with Gasteiger partial charge < -0.3 is 4.42 Å². The van der Waals surface area contributed by atoms with Gasteiger partial charge in [-0.15, -0.1) is 0 Å². The van der Waals surface area contributed by atoms with Gasteiger partial charge in [0.2, 0.25) is 0 Å². The van der Waals surface area contributed by atoms with Gasteiger partial charge in [-0.25, -0.2) is 9.97 Å². The highest BCUT2D eigenvalue weighted by atomic mass is 16.3. The molecule has 0 atom stereocenters. The second-order valence-corrected chi connectivity index (χ2v) is 16.0. The second kappa shape index (κ2) is 13.2. The number of benzene rings is 10. The van der Waals surface area contributed by atoms with E-state index in [1.807, 2.05) is 36.4 Å². The molecular formula is C58H34N2O. The number of fused-ring (bicyclic) bond motifs is 3. The third-order valence-electron chi connectivity index (χ3n) is 12.6. The zero-order chi connectivity index (χ0) is 40.0. The SMILES string of the molecule is c1ccc(-c2nc(-c3ccccc3-c3cc4ccc5cccc6c7cccc8ccc9cccc(c(c3)c4c56)c9c87)cc(-c3ccccc3-c3cc4ccccc4o3)n2)cc1. The van der Waals surface area contributed by atoms with Gasteiger partial charge >= 0.3 is 0 Å². The van der Waals surface area contributed by atoms with E-state index in [0.29, 0.717) is 5.82 Å². The number of nitrogens with zero attached hydrogens (tertiary/aromatic N) is 2. The van der Waals surface area contributed by atoms with E-state index in [2.05, 4.69) is 170 Å². The highest BCUT2D eigenvalue weighted by molar-refractivity contribution is 6.37. The lowest BCUT2D eigenvalue weighted by Crippen LogP contribution is -1.98. The van der Waals surface area contributed by atoms with Crippen LogP contribution in [0.15, 0.2) is 211 Å². The van der Waals surface area contributed by atoms with Gasteiger partial charge in [0, 0.05) is 27.6 Å². The molecule has 0 radical (unpaired) electrons. The van der Waals surface area contributed by atoms with Crippen LogP contribution in [0.1, 0.15) is 0 Å². The van der Waals surface area contributed by atoms with E-state index in [-0.39, 0.29) is 0 Å². The molecule has 0 saturated carbocycles. The fourth-order valence-corrected chi connectivity index (χ4v) is 9.87. The molecule has 2 heterocycles. The standard InChI is InChI=1S/C58H34N2O/c1-2-13-38(14-3-1)58-59-50(34-51(60-58)44-21-7-8-22-45(44)53-33-39-15-4-9-26-52(39)61-53)43-20-6-5-19-42(43)41-31-40-30-29-37-17-11-24-47-46-23-10-16-35-27-28-36-18-12-25-48(56(36)54(35)46)49(32-41)57(40)55(37)47/h1-34H. The second-order valence-electron chi connectivity index (χ2n) is 16.0. The Morgan fingerprint density at radius 3 is 1.43 bits per heavy atom. The van der Waals surface area contributed by atoms with Crippen molar-refractivity contribution in [2.45, 2.75) is 0 Å². The van der Waals surface area contributed by atoms with Gasteiger partial charge in [0.1, 0.15) is 11.3 Å². The zero-order valence-electron chi connectivity index (χ0n) is 32.9. The van der Waals surface area contributed by atoms with Crippen LogP contribution in [0, 0.1) is 0 Å². The molecule has 3 heteroatoms. The van der Waals surface area contributed by atoms with E-state index in [4.69, 9.17) is 14.4 Å². The molecule has 13 aromatic rings. The van der Waals surface area contributed by atoms with Crippen LogP contribution < -0.4 is 0 Å². The molecule has 3 nitrogen and oxygen atoms in total. The van der Waals surface area contributed by atoms with Crippen molar-refractivity contribution in [3.05, 3.63) is 206 Å². The number of hydrogen-bond acceptors (Lipinski definition) is 3. The number of para-hydroxylation sites is 1. The van der Waals surface area contributed by atoms with Crippen molar-refractivity contribution in [1.82, 2.24) is 9.97 Å². The van der Waals surface area contributed by atoms with Crippen LogP contribution in [0.2, 0.25) is 0 Å². The van der Waals surface area contributed by atoms with Crippen LogP contribution in [-0.4, -0.2) is 9.97 Å². The first kappa shape index (κ1) is 33.8. The highest BCUT2D eigenvalue weighted by Gasteiger charge is 2.20. The average Bonchev–Trinajstić information content (AvgIpc) is 3.77. The summed E-state index contributed by atoms with van der Waals surface area (Å²) in [5.74, 6) is 1.47. The van der Waals surface area contributed by atoms with Crippen LogP contribution in [0.4, 0.5) is 0 Å². The third kappa shape index (κ3) is 5.24. The van der Waals surface area contributed by atoms with E-state index < -0.39 is 0 Å². The minimum absolute atomic E-state index is 0.668. The first-order valence-electron chi connectivity index (χ1n) is 20.8. The summed E-state index contributed by atoms with van der Waals surface area (Å²) in [5, 5.41) is 16.2. The molecule has 0 saturated heterocycles. The van der Waals surface area contributed by atoms with Gasteiger partial charge in [-0.1, -0.05) is 176 Å². The fraction of sp³-hybridized carbons (Fsp3) is 0. The summed E-state index contributed by atoms with van der Waals surface area (Å²) in [6.45, 7) is 0. The Balaban J connectivity index is 1.09. The normalized spacial score (nSPS) is 11.9. The van der Waals surface area contributed by atoms with Gasteiger partial charge in [0.05, 0.1) is 11.4 Å². The lowest BCUT2D eigenvalue weighted by molar-refractivity contribution is 0.632. The molecule has 11 aromatic carbocycles.